The van der Waals surface area contributed by atoms with Crippen LogP contribution in [-0.4, -0.2) is 37.8 Å². The second-order valence-corrected chi connectivity index (χ2v) is 6.16. The van der Waals surface area contributed by atoms with Crippen LogP contribution in [0.3, 0.4) is 0 Å². The third-order valence-electron chi connectivity index (χ3n) is 3.02. The van der Waals surface area contributed by atoms with Crippen molar-refractivity contribution >= 4 is 21.6 Å². The number of halogens is 1. The van der Waals surface area contributed by atoms with Gasteiger partial charge >= 0.3 is 0 Å². The molecule has 1 aliphatic rings. The molecule has 1 aromatic carbocycles. The molecule has 0 bridgehead atoms. The summed E-state index contributed by atoms with van der Waals surface area (Å²) in [6.45, 7) is 1.92. The van der Waals surface area contributed by atoms with E-state index in [1.807, 2.05) is 0 Å². The fourth-order valence-corrected chi connectivity index (χ4v) is 3.54. The van der Waals surface area contributed by atoms with Crippen molar-refractivity contribution in [2.75, 3.05) is 18.8 Å². The van der Waals surface area contributed by atoms with Crippen molar-refractivity contribution in [3.05, 3.63) is 24.0 Å². The van der Waals surface area contributed by atoms with Crippen molar-refractivity contribution in [3.63, 3.8) is 0 Å². The van der Waals surface area contributed by atoms with Crippen LogP contribution in [0.4, 0.5) is 10.1 Å². The number of piperazine rings is 1. The highest BCUT2D eigenvalue weighted by atomic mass is 32.2. The van der Waals surface area contributed by atoms with Gasteiger partial charge in [0.2, 0.25) is 15.9 Å². The summed E-state index contributed by atoms with van der Waals surface area (Å²) in [5.41, 5.74) is 5.13. The Bertz CT molecular complexity index is 618. The minimum Gasteiger partial charge on any atom is -0.396 e. The Morgan fingerprint density at radius 2 is 2.16 bits per heavy atom. The van der Waals surface area contributed by atoms with Crippen LogP contribution < -0.4 is 11.1 Å². The van der Waals surface area contributed by atoms with E-state index in [0.29, 0.717) is 0 Å². The lowest BCUT2D eigenvalue weighted by molar-refractivity contribution is -0.126. The van der Waals surface area contributed by atoms with E-state index in [1.54, 1.807) is 0 Å². The van der Waals surface area contributed by atoms with Crippen molar-refractivity contribution in [1.82, 2.24) is 9.62 Å². The highest BCUT2D eigenvalue weighted by Crippen LogP contribution is 2.22. The molecule has 0 aromatic heterocycles. The molecule has 6 nitrogen and oxygen atoms in total. The third-order valence-corrected chi connectivity index (χ3v) is 4.98. The van der Waals surface area contributed by atoms with E-state index >= 15 is 0 Å². The van der Waals surface area contributed by atoms with Crippen molar-refractivity contribution in [3.8, 4) is 0 Å². The molecule has 0 spiro atoms. The van der Waals surface area contributed by atoms with Gasteiger partial charge in [-0.1, -0.05) is 0 Å². The van der Waals surface area contributed by atoms with Gasteiger partial charge in [-0.3, -0.25) is 4.79 Å². The first kappa shape index (κ1) is 13.8. The lowest BCUT2D eigenvalue weighted by atomic mass is 10.2. The Morgan fingerprint density at radius 3 is 2.79 bits per heavy atom. The summed E-state index contributed by atoms with van der Waals surface area (Å²) in [5, 5.41) is 2.58. The Balaban J connectivity index is 2.41. The van der Waals surface area contributed by atoms with Gasteiger partial charge in [-0.2, -0.15) is 4.31 Å². The Hall–Kier alpha value is -1.67. The van der Waals surface area contributed by atoms with Gasteiger partial charge in [0.15, 0.2) is 0 Å². The number of nitrogens with two attached hydrogens (primary N) is 1. The van der Waals surface area contributed by atoms with Crippen LogP contribution in [0.5, 0.6) is 0 Å². The fourth-order valence-electron chi connectivity index (χ4n) is 1.91. The number of rotatable bonds is 2. The quantitative estimate of drug-likeness (QED) is 0.744. The van der Waals surface area contributed by atoms with Gasteiger partial charge in [0.1, 0.15) is 11.9 Å². The van der Waals surface area contributed by atoms with Crippen LogP contribution in [0.25, 0.3) is 0 Å². The van der Waals surface area contributed by atoms with Gasteiger partial charge in [-0.15, -0.1) is 0 Å². The summed E-state index contributed by atoms with van der Waals surface area (Å²) in [6.07, 6.45) is 0. The lowest BCUT2D eigenvalue weighted by Crippen LogP contribution is -2.55. The summed E-state index contributed by atoms with van der Waals surface area (Å²) in [6, 6.07) is 2.39. The maximum atomic E-state index is 13.1. The number of carbonyl (C=O) groups excluding carboxylic acids is 1. The van der Waals surface area contributed by atoms with Crippen molar-refractivity contribution in [2.24, 2.45) is 0 Å². The number of benzene rings is 1. The molecule has 1 saturated heterocycles. The molecule has 0 saturated carbocycles. The lowest BCUT2D eigenvalue weighted by Gasteiger charge is -2.31. The van der Waals surface area contributed by atoms with Crippen LogP contribution in [0.2, 0.25) is 0 Å². The number of anilines is 1. The molecule has 104 valence electrons. The molecule has 1 fully saturated rings. The molecule has 2 rings (SSSR count). The van der Waals surface area contributed by atoms with Crippen LogP contribution in [0, 0.1) is 5.82 Å². The number of carbonyl (C=O) groups is 1. The Morgan fingerprint density at radius 1 is 1.47 bits per heavy atom. The molecular formula is C11H14FN3O3S. The fraction of sp³-hybridized carbons (Fsp3) is 0.364. The van der Waals surface area contributed by atoms with E-state index in [1.165, 1.54) is 6.92 Å². The second-order valence-electron chi connectivity index (χ2n) is 4.27. The largest absolute Gasteiger partial charge is 0.396 e. The van der Waals surface area contributed by atoms with Crippen LogP contribution in [-0.2, 0) is 14.8 Å². The minimum atomic E-state index is -3.86. The molecule has 19 heavy (non-hydrogen) atoms. The van der Waals surface area contributed by atoms with Crippen molar-refractivity contribution < 1.29 is 17.6 Å². The molecule has 0 aliphatic carbocycles. The molecule has 1 heterocycles. The zero-order valence-electron chi connectivity index (χ0n) is 10.3. The predicted octanol–water partition coefficient (Wildman–Crippen LogP) is -0.0831. The number of hydrogen-bond donors (Lipinski definition) is 2. The Kier molecular flexibility index (Phi) is 3.46. The highest BCUT2D eigenvalue weighted by molar-refractivity contribution is 7.89. The molecule has 1 aliphatic heterocycles. The van der Waals surface area contributed by atoms with E-state index in [9.17, 15) is 17.6 Å². The molecule has 0 radical (unpaired) electrons. The smallest absolute Gasteiger partial charge is 0.243 e. The maximum Gasteiger partial charge on any atom is 0.243 e. The molecule has 8 heteroatoms. The molecular weight excluding hydrogens is 273 g/mol. The number of nitrogens with one attached hydrogen (secondary N) is 1. The summed E-state index contributed by atoms with van der Waals surface area (Å²) < 4.78 is 38.9. The number of sulfonamides is 1. The van der Waals surface area contributed by atoms with Gasteiger partial charge in [0.05, 0.1) is 10.6 Å². The average Bonchev–Trinajstić information content (AvgIpc) is 2.35. The monoisotopic (exact) mass is 287 g/mol. The minimum absolute atomic E-state index is 0.118. The van der Waals surface area contributed by atoms with Crippen LogP contribution >= 0.6 is 0 Å². The molecule has 1 aromatic rings. The zero-order valence-corrected chi connectivity index (χ0v) is 11.1. The summed E-state index contributed by atoms with van der Waals surface area (Å²) in [4.78, 5) is 11.4. The van der Waals surface area contributed by atoms with Gasteiger partial charge < -0.3 is 11.1 Å². The first-order chi connectivity index (χ1) is 8.84. The molecule has 3 N–H and O–H groups in total. The Labute approximate surface area is 110 Å². The standard InChI is InChI=1S/C11H14FN3O3S/c1-7-11(16)14-4-5-15(7)19(17,18)8-2-3-9(12)10(13)6-8/h2-3,6-7H,4-5,13H2,1H3,(H,14,16). The number of nitrogens with zero attached hydrogens (tertiary/aromatic N) is 1. The van der Waals surface area contributed by atoms with E-state index in [0.717, 1.165) is 22.5 Å². The topological polar surface area (TPSA) is 92.5 Å². The maximum absolute atomic E-state index is 13.1. The summed E-state index contributed by atoms with van der Waals surface area (Å²) in [5.74, 6) is -1.03. The van der Waals surface area contributed by atoms with Gasteiger partial charge in [0, 0.05) is 13.1 Å². The zero-order chi connectivity index (χ0) is 14.2. The molecule has 1 atom stereocenters. The molecule has 1 unspecified atom stereocenters. The number of nitrogen functional groups attached to an aromatic ring is 1. The second kappa shape index (κ2) is 4.78. The SMILES string of the molecule is CC1C(=O)NCCN1S(=O)(=O)c1ccc(F)c(N)c1. The van der Waals surface area contributed by atoms with Crippen molar-refractivity contribution in [1.29, 1.82) is 0 Å². The first-order valence-electron chi connectivity index (χ1n) is 5.68. The van der Waals surface area contributed by atoms with Gasteiger partial charge in [-0.25, -0.2) is 12.8 Å². The first-order valence-corrected chi connectivity index (χ1v) is 7.12. The van der Waals surface area contributed by atoms with E-state index in [4.69, 9.17) is 5.73 Å². The van der Waals surface area contributed by atoms with E-state index < -0.39 is 21.9 Å². The average molecular weight is 287 g/mol. The van der Waals surface area contributed by atoms with Crippen LogP contribution in [0.1, 0.15) is 6.92 Å². The number of hydrogen-bond acceptors (Lipinski definition) is 4. The number of amides is 1. The van der Waals surface area contributed by atoms with Crippen molar-refractivity contribution in [2.45, 2.75) is 17.9 Å². The summed E-state index contributed by atoms with van der Waals surface area (Å²) in [7, 11) is -3.86. The van der Waals surface area contributed by atoms with Gasteiger partial charge in [0.25, 0.3) is 0 Å². The van der Waals surface area contributed by atoms with Crippen LogP contribution in [0.15, 0.2) is 23.1 Å². The van der Waals surface area contributed by atoms with E-state index in [-0.39, 0.29) is 29.6 Å². The molecule has 1 amide bonds. The van der Waals surface area contributed by atoms with E-state index in [2.05, 4.69) is 5.32 Å². The normalized spacial score (nSPS) is 21.2. The third kappa shape index (κ3) is 2.41. The van der Waals surface area contributed by atoms with Gasteiger partial charge in [-0.05, 0) is 25.1 Å². The predicted molar refractivity (Wildman–Crippen MR) is 67.2 cm³/mol. The highest BCUT2D eigenvalue weighted by Gasteiger charge is 2.35. The summed E-state index contributed by atoms with van der Waals surface area (Å²) >= 11 is 0.